The minimum absolute atomic E-state index is 1.29. The second kappa shape index (κ2) is 1.63. The van der Waals surface area contributed by atoms with Crippen LogP contribution in [0.25, 0.3) is 0 Å². The lowest BCUT2D eigenvalue weighted by atomic mass is 10.3. The van der Waals surface area contributed by atoms with Gasteiger partial charge in [0.25, 0.3) is 0 Å². The Labute approximate surface area is 55.3 Å². The highest BCUT2D eigenvalue weighted by Gasteiger charge is 2.12. The Balaban J connectivity index is 2.56. The third-order valence-electron chi connectivity index (χ3n) is 2.16. The van der Waals surface area contributed by atoms with Crippen molar-refractivity contribution in [2.45, 2.75) is 19.3 Å². The summed E-state index contributed by atoms with van der Waals surface area (Å²) >= 11 is 0. The number of fused-ring (bicyclic) bond motifs is 1. The van der Waals surface area contributed by atoms with Gasteiger partial charge in [-0.25, -0.2) is 0 Å². The maximum Gasteiger partial charge on any atom is 0.0203 e. The van der Waals surface area contributed by atoms with Gasteiger partial charge in [-0.3, -0.25) is 0 Å². The van der Waals surface area contributed by atoms with E-state index in [0.29, 0.717) is 0 Å². The molecule has 0 bridgehead atoms. The molecule has 0 fully saturated rings. The molecule has 0 unspecified atom stereocenters. The molecule has 0 atom stereocenters. The molecule has 0 N–H and O–H groups in total. The molecule has 0 spiro atoms. The number of aryl methyl sites for hydroxylation is 2. The van der Waals surface area contributed by atoms with Gasteiger partial charge in [0.1, 0.15) is 0 Å². The molecule has 1 heterocycles. The van der Waals surface area contributed by atoms with E-state index in [-0.39, 0.29) is 0 Å². The van der Waals surface area contributed by atoms with Crippen LogP contribution < -0.4 is 0 Å². The van der Waals surface area contributed by atoms with Crippen molar-refractivity contribution in [3.8, 4) is 0 Å². The van der Waals surface area contributed by atoms with Gasteiger partial charge in [0.05, 0.1) is 0 Å². The van der Waals surface area contributed by atoms with E-state index < -0.39 is 0 Å². The van der Waals surface area contributed by atoms with Gasteiger partial charge in [0, 0.05) is 18.9 Å². The zero-order chi connectivity index (χ0) is 6.27. The van der Waals surface area contributed by atoms with E-state index >= 15 is 0 Å². The van der Waals surface area contributed by atoms with E-state index in [1.165, 1.54) is 19.3 Å². The lowest BCUT2D eigenvalue weighted by Gasteiger charge is -1.94. The van der Waals surface area contributed by atoms with E-state index in [2.05, 4.69) is 23.9 Å². The standard InChI is InChI=1S/C8H11N/c1-9-6-5-7-3-2-4-8(7)9/h5-6H,2-4H2,1H3. The van der Waals surface area contributed by atoms with Crippen LogP contribution in [0.5, 0.6) is 0 Å². The van der Waals surface area contributed by atoms with Gasteiger partial charge < -0.3 is 4.57 Å². The molecule has 48 valence electrons. The normalized spacial score (nSPS) is 16.1. The summed E-state index contributed by atoms with van der Waals surface area (Å²) in [4.78, 5) is 0. The van der Waals surface area contributed by atoms with Crippen LogP contribution in [-0.4, -0.2) is 4.57 Å². The number of hydrogen-bond acceptors (Lipinski definition) is 0. The van der Waals surface area contributed by atoms with E-state index in [1.54, 1.807) is 11.3 Å². The summed E-state index contributed by atoms with van der Waals surface area (Å²) in [7, 11) is 2.13. The van der Waals surface area contributed by atoms with E-state index in [9.17, 15) is 0 Å². The molecule has 0 saturated heterocycles. The van der Waals surface area contributed by atoms with Crippen LogP contribution in [0.4, 0.5) is 0 Å². The average molecular weight is 121 g/mol. The molecule has 1 aliphatic rings. The van der Waals surface area contributed by atoms with Gasteiger partial charge >= 0.3 is 0 Å². The van der Waals surface area contributed by atoms with Crippen LogP contribution >= 0.6 is 0 Å². The molecule has 0 radical (unpaired) electrons. The van der Waals surface area contributed by atoms with Crippen molar-refractivity contribution in [3.05, 3.63) is 23.5 Å². The van der Waals surface area contributed by atoms with Crippen LogP contribution in [0.15, 0.2) is 12.3 Å². The molecule has 1 aliphatic carbocycles. The van der Waals surface area contributed by atoms with Crippen LogP contribution in [0.2, 0.25) is 0 Å². The molecule has 0 aliphatic heterocycles. The molecule has 0 aromatic carbocycles. The molecule has 9 heavy (non-hydrogen) atoms. The lowest BCUT2D eigenvalue weighted by molar-refractivity contribution is 0.810. The van der Waals surface area contributed by atoms with Crippen molar-refractivity contribution in [1.29, 1.82) is 0 Å². The maximum absolute atomic E-state index is 2.24. The molecular formula is C8H11N. The predicted molar refractivity (Wildman–Crippen MR) is 37.4 cm³/mol. The highest BCUT2D eigenvalue weighted by atomic mass is 14.9. The second-order valence-corrected chi connectivity index (χ2v) is 2.75. The monoisotopic (exact) mass is 121 g/mol. The Morgan fingerprint density at radius 3 is 3.11 bits per heavy atom. The first-order valence-electron chi connectivity index (χ1n) is 3.51. The fourth-order valence-corrected chi connectivity index (χ4v) is 1.63. The summed E-state index contributed by atoms with van der Waals surface area (Å²) in [6, 6.07) is 2.24. The van der Waals surface area contributed by atoms with Gasteiger partial charge in [-0.1, -0.05) is 0 Å². The van der Waals surface area contributed by atoms with Gasteiger partial charge in [-0.05, 0) is 30.9 Å². The van der Waals surface area contributed by atoms with E-state index in [0.717, 1.165) is 0 Å². The number of nitrogens with zero attached hydrogens (tertiary/aromatic N) is 1. The zero-order valence-corrected chi connectivity index (χ0v) is 5.72. The van der Waals surface area contributed by atoms with Gasteiger partial charge in [0.15, 0.2) is 0 Å². The smallest absolute Gasteiger partial charge is 0.0203 e. The molecule has 1 nitrogen and oxygen atoms in total. The van der Waals surface area contributed by atoms with Crippen molar-refractivity contribution in [3.63, 3.8) is 0 Å². The maximum atomic E-state index is 2.24. The quantitative estimate of drug-likeness (QED) is 0.490. The number of rotatable bonds is 0. The van der Waals surface area contributed by atoms with Crippen molar-refractivity contribution in [2.24, 2.45) is 7.05 Å². The fourth-order valence-electron chi connectivity index (χ4n) is 1.63. The zero-order valence-electron chi connectivity index (χ0n) is 5.72. The molecular weight excluding hydrogens is 110 g/mol. The third-order valence-corrected chi connectivity index (χ3v) is 2.16. The minimum Gasteiger partial charge on any atom is -0.354 e. The summed E-state index contributed by atoms with van der Waals surface area (Å²) in [5, 5.41) is 0. The SMILES string of the molecule is Cn1ccc2c1CCC2. The predicted octanol–water partition coefficient (Wildman–Crippen LogP) is 1.51. The average Bonchev–Trinajstić information content (AvgIpc) is 2.35. The van der Waals surface area contributed by atoms with Gasteiger partial charge in [-0.15, -0.1) is 0 Å². The summed E-state index contributed by atoms with van der Waals surface area (Å²) in [5.74, 6) is 0. The van der Waals surface area contributed by atoms with Gasteiger partial charge in [0.2, 0.25) is 0 Å². The largest absolute Gasteiger partial charge is 0.354 e. The first kappa shape index (κ1) is 5.10. The van der Waals surface area contributed by atoms with E-state index in [1.807, 2.05) is 0 Å². The Morgan fingerprint density at radius 2 is 2.33 bits per heavy atom. The third kappa shape index (κ3) is 0.607. The van der Waals surface area contributed by atoms with Gasteiger partial charge in [-0.2, -0.15) is 0 Å². The molecule has 1 aromatic rings. The Hall–Kier alpha value is -0.720. The summed E-state index contributed by atoms with van der Waals surface area (Å²) < 4.78 is 2.24. The van der Waals surface area contributed by atoms with Crippen molar-refractivity contribution < 1.29 is 0 Å². The van der Waals surface area contributed by atoms with E-state index in [4.69, 9.17) is 0 Å². The summed E-state index contributed by atoms with van der Waals surface area (Å²) in [6.45, 7) is 0. The Kier molecular flexibility index (Phi) is 0.922. The first-order valence-corrected chi connectivity index (χ1v) is 3.51. The molecule has 0 saturated carbocycles. The summed E-state index contributed by atoms with van der Waals surface area (Å²) in [5.41, 5.74) is 3.12. The lowest BCUT2D eigenvalue weighted by Crippen LogP contribution is -1.90. The number of hydrogen-bond donors (Lipinski definition) is 0. The van der Waals surface area contributed by atoms with Crippen LogP contribution in [0, 0.1) is 0 Å². The Bertz CT molecular complexity index is 222. The summed E-state index contributed by atoms with van der Waals surface area (Å²) in [6.07, 6.45) is 6.11. The highest BCUT2D eigenvalue weighted by molar-refractivity contribution is 5.26. The van der Waals surface area contributed by atoms with Crippen LogP contribution in [0.1, 0.15) is 17.7 Å². The highest BCUT2D eigenvalue weighted by Crippen LogP contribution is 2.21. The first-order chi connectivity index (χ1) is 4.38. The van der Waals surface area contributed by atoms with Crippen LogP contribution in [0.3, 0.4) is 0 Å². The molecule has 0 amide bonds. The molecule has 1 heteroatoms. The molecule has 2 rings (SSSR count). The Morgan fingerprint density at radius 1 is 1.44 bits per heavy atom. The topological polar surface area (TPSA) is 4.93 Å². The van der Waals surface area contributed by atoms with Crippen molar-refractivity contribution in [1.82, 2.24) is 4.57 Å². The van der Waals surface area contributed by atoms with Crippen molar-refractivity contribution >= 4 is 0 Å². The minimum atomic E-state index is 1.29. The fraction of sp³-hybridized carbons (Fsp3) is 0.500. The second-order valence-electron chi connectivity index (χ2n) is 2.75. The molecule has 1 aromatic heterocycles. The van der Waals surface area contributed by atoms with Crippen LogP contribution in [-0.2, 0) is 19.9 Å². The van der Waals surface area contributed by atoms with Crippen molar-refractivity contribution in [2.75, 3.05) is 0 Å². The number of aromatic nitrogens is 1.